The second-order valence-corrected chi connectivity index (χ2v) is 2.54. The van der Waals surface area contributed by atoms with E-state index in [9.17, 15) is 9.18 Å². The van der Waals surface area contributed by atoms with E-state index in [-0.39, 0.29) is 5.56 Å². The van der Waals surface area contributed by atoms with Gasteiger partial charge in [0, 0.05) is 5.56 Å². The number of ether oxygens (including phenoxy) is 1. The normalized spacial score (nSPS) is 9.77. The third-order valence-electron chi connectivity index (χ3n) is 1.75. The van der Waals surface area contributed by atoms with E-state index in [1.807, 2.05) is 0 Å². The summed E-state index contributed by atoms with van der Waals surface area (Å²) < 4.78 is 17.3. The Hall–Kier alpha value is -1.42. The fourth-order valence-electron chi connectivity index (χ4n) is 1.07. The minimum Gasteiger partial charge on any atom is -0.465 e. The second kappa shape index (κ2) is 4.00. The summed E-state index contributed by atoms with van der Waals surface area (Å²) in [5.74, 6) is -0.976. The quantitative estimate of drug-likeness (QED) is 0.674. The highest BCUT2D eigenvalue weighted by atomic mass is 19.1. The molecule has 0 aliphatic rings. The first-order chi connectivity index (χ1) is 6.19. The number of quaternary nitrogens is 1. The third kappa shape index (κ3) is 2.03. The summed E-state index contributed by atoms with van der Waals surface area (Å²) in [4.78, 5) is 11.1. The van der Waals surface area contributed by atoms with Gasteiger partial charge in [0.15, 0.2) is 0 Å². The van der Waals surface area contributed by atoms with Crippen LogP contribution in [0.15, 0.2) is 18.2 Å². The zero-order valence-corrected chi connectivity index (χ0v) is 7.34. The average molecular weight is 184 g/mol. The van der Waals surface area contributed by atoms with Gasteiger partial charge in [0.2, 0.25) is 0 Å². The molecule has 0 unspecified atom stereocenters. The number of esters is 1. The van der Waals surface area contributed by atoms with Crippen LogP contribution >= 0.6 is 0 Å². The summed E-state index contributed by atoms with van der Waals surface area (Å²) in [5, 5.41) is 0. The molecule has 0 aliphatic heterocycles. The maximum absolute atomic E-state index is 12.8. The van der Waals surface area contributed by atoms with Gasteiger partial charge in [0.25, 0.3) is 0 Å². The van der Waals surface area contributed by atoms with E-state index in [1.165, 1.54) is 19.2 Å². The predicted octanol–water partition coefficient (Wildman–Crippen LogP) is 0.354. The summed E-state index contributed by atoms with van der Waals surface area (Å²) in [6, 6.07) is 3.99. The van der Waals surface area contributed by atoms with Crippen molar-refractivity contribution < 1.29 is 19.7 Å². The lowest BCUT2D eigenvalue weighted by Crippen LogP contribution is -2.48. The first kappa shape index (κ1) is 9.67. The molecule has 0 saturated carbocycles. The second-order valence-electron chi connectivity index (χ2n) is 2.54. The van der Waals surface area contributed by atoms with Gasteiger partial charge < -0.3 is 10.5 Å². The molecule has 0 aromatic heterocycles. The van der Waals surface area contributed by atoms with E-state index in [2.05, 4.69) is 10.5 Å². The number of benzene rings is 1. The molecule has 0 heterocycles. The molecule has 0 amide bonds. The molecular weight excluding hydrogens is 173 g/mol. The molecular formula is C9H11FNO2+. The first-order valence-corrected chi connectivity index (χ1v) is 3.85. The smallest absolute Gasteiger partial charge is 0.338 e. The Morgan fingerprint density at radius 1 is 1.62 bits per heavy atom. The monoisotopic (exact) mass is 184 g/mol. The zero-order valence-electron chi connectivity index (χ0n) is 7.34. The van der Waals surface area contributed by atoms with Crippen LogP contribution in [0, 0.1) is 5.82 Å². The standard InChI is InChI=1S/C9H10FNO2/c1-13-9(12)8-4-7(10)3-2-6(8)5-11/h2-4H,5,11H2,1H3/p+1. The fourth-order valence-corrected chi connectivity index (χ4v) is 1.07. The van der Waals surface area contributed by atoms with Gasteiger partial charge in [-0.05, 0) is 18.2 Å². The molecule has 3 N–H and O–H groups in total. The summed E-state index contributed by atoms with van der Waals surface area (Å²) >= 11 is 0. The van der Waals surface area contributed by atoms with E-state index < -0.39 is 11.8 Å². The average Bonchev–Trinajstić information content (AvgIpc) is 2.16. The minimum atomic E-state index is -0.529. The molecule has 0 aliphatic carbocycles. The molecule has 70 valence electrons. The Balaban J connectivity index is 3.15. The lowest BCUT2D eigenvalue weighted by molar-refractivity contribution is -0.386. The van der Waals surface area contributed by atoms with Gasteiger partial charge in [-0.3, -0.25) is 0 Å². The molecule has 1 aromatic rings. The summed E-state index contributed by atoms with van der Waals surface area (Å²) in [5.41, 5.74) is 4.57. The summed E-state index contributed by atoms with van der Waals surface area (Å²) in [6.07, 6.45) is 0. The van der Waals surface area contributed by atoms with Crippen molar-refractivity contribution >= 4 is 5.97 Å². The van der Waals surface area contributed by atoms with Crippen molar-refractivity contribution in [2.75, 3.05) is 7.11 Å². The zero-order chi connectivity index (χ0) is 9.84. The van der Waals surface area contributed by atoms with Crippen molar-refractivity contribution in [3.8, 4) is 0 Å². The highest BCUT2D eigenvalue weighted by Gasteiger charge is 2.12. The molecule has 0 fully saturated rings. The summed E-state index contributed by atoms with van der Waals surface area (Å²) in [6.45, 7) is 0.435. The van der Waals surface area contributed by atoms with Crippen molar-refractivity contribution in [2.24, 2.45) is 0 Å². The van der Waals surface area contributed by atoms with Crippen LogP contribution in [0.25, 0.3) is 0 Å². The molecule has 0 radical (unpaired) electrons. The Bertz CT molecular complexity index is 325. The van der Waals surface area contributed by atoms with E-state index in [4.69, 9.17) is 0 Å². The van der Waals surface area contributed by atoms with Crippen molar-refractivity contribution in [1.82, 2.24) is 0 Å². The molecule has 0 atom stereocenters. The Morgan fingerprint density at radius 3 is 2.85 bits per heavy atom. The summed E-state index contributed by atoms with van der Waals surface area (Å²) in [7, 11) is 1.26. The Labute approximate surface area is 75.3 Å². The van der Waals surface area contributed by atoms with Crippen molar-refractivity contribution in [1.29, 1.82) is 0 Å². The number of halogens is 1. The number of methoxy groups -OCH3 is 1. The van der Waals surface area contributed by atoms with Crippen LogP contribution in [-0.4, -0.2) is 13.1 Å². The van der Waals surface area contributed by atoms with Crippen LogP contribution < -0.4 is 5.73 Å². The van der Waals surface area contributed by atoms with Crippen LogP contribution in [-0.2, 0) is 11.3 Å². The number of rotatable bonds is 2. The van der Waals surface area contributed by atoms with Gasteiger partial charge in [-0.25, -0.2) is 9.18 Å². The van der Waals surface area contributed by atoms with E-state index >= 15 is 0 Å². The highest BCUT2D eigenvalue weighted by Crippen LogP contribution is 2.11. The van der Waals surface area contributed by atoms with Crippen LogP contribution in [0.4, 0.5) is 4.39 Å². The minimum absolute atomic E-state index is 0.248. The molecule has 1 rings (SSSR count). The highest BCUT2D eigenvalue weighted by molar-refractivity contribution is 5.90. The van der Waals surface area contributed by atoms with Crippen molar-refractivity contribution in [2.45, 2.75) is 6.54 Å². The molecule has 13 heavy (non-hydrogen) atoms. The lowest BCUT2D eigenvalue weighted by Gasteiger charge is -2.03. The molecule has 4 heteroatoms. The SMILES string of the molecule is COC(=O)c1cc(F)ccc1C[NH3+]. The van der Waals surface area contributed by atoms with E-state index in [0.29, 0.717) is 12.1 Å². The van der Waals surface area contributed by atoms with Crippen LogP contribution in [0.5, 0.6) is 0 Å². The first-order valence-electron chi connectivity index (χ1n) is 3.85. The van der Waals surface area contributed by atoms with Gasteiger partial charge in [0.1, 0.15) is 12.4 Å². The third-order valence-corrected chi connectivity index (χ3v) is 1.75. The number of hydrogen-bond acceptors (Lipinski definition) is 2. The topological polar surface area (TPSA) is 53.9 Å². The molecule has 0 spiro atoms. The van der Waals surface area contributed by atoms with E-state index in [0.717, 1.165) is 6.07 Å². The van der Waals surface area contributed by atoms with Crippen LogP contribution in [0.2, 0.25) is 0 Å². The Morgan fingerprint density at radius 2 is 2.31 bits per heavy atom. The maximum Gasteiger partial charge on any atom is 0.338 e. The number of carbonyl (C=O) groups is 1. The van der Waals surface area contributed by atoms with Gasteiger partial charge in [0.05, 0.1) is 12.7 Å². The van der Waals surface area contributed by atoms with Crippen molar-refractivity contribution in [3.63, 3.8) is 0 Å². The largest absolute Gasteiger partial charge is 0.465 e. The fraction of sp³-hybridized carbons (Fsp3) is 0.222. The molecule has 0 saturated heterocycles. The maximum atomic E-state index is 12.8. The van der Waals surface area contributed by atoms with Gasteiger partial charge in [-0.2, -0.15) is 0 Å². The predicted molar refractivity (Wildman–Crippen MR) is 44.3 cm³/mol. The van der Waals surface area contributed by atoms with Gasteiger partial charge >= 0.3 is 5.97 Å². The van der Waals surface area contributed by atoms with Crippen molar-refractivity contribution in [3.05, 3.63) is 35.1 Å². The van der Waals surface area contributed by atoms with Crippen LogP contribution in [0.1, 0.15) is 15.9 Å². The van der Waals surface area contributed by atoms with Gasteiger partial charge in [-0.15, -0.1) is 0 Å². The van der Waals surface area contributed by atoms with Crippen LogP contribution in [0.3, 0.4) is 0 Å². The number of hydrogen-bond donors (Lipinski definition) is 1. The molecule has 0 bridgehead atoms. The van der Waals surface area contributed by atoms with Gasteiger partial charge in [-0.1, -0.05) is 0 Å². The number of carbonyl (C=O) groups excluding carboxylic acids is 1. The molecule has 1 aromatic carbocycles. The van der Waals surface area contributed by atoms with E-state index in [1.54, 1.807) is 0 Å². The lowest BCUT2D eigenvalue weighted by atomic mass is 10.1. The Kier molecular flexibility index (Phi) is 2.97. The molecule has 3 nitrogen and oxygen atoms in total.